The Kier molecular flexibility index (Phi) is 6.42. The van der Waals surface area contributed by atoms with Gasteiger partial charge in [0.25, 0.3) is 0 Å². The van der Waals surface area contributed by atoms with E-state index < -0.39 is 0 Å². The molecule has 45 heavy (non-hydrogen) atoms. The first-order valence-corrected chi connectivity index (χ1v) is 15.5. The zero-order valence-corrected chi connectivity index (χ0v) is 25.7. The number of hydrogen-bond donors (Lipinski definition) is 0. The monoisotopic (exact) mass is 588 g/mol. The smallest absolute Gasteiger partial charge is 0.222 e. The van der Waals surface area contributed by atoms with Crippen molar-refractivity contribution >= 4 is 43.9 Å². The summed E-state index contributed by atoms with van der Waals surface area (Å²) in [4.78, 5) is 10.0. The summed E-state index contributed by atoms with van der Waals surface area (Å²) < 4.78 is 19.3. The Morgan fingerprint density at radius 1 is 0.489 bits per heavy atom. The Morgan fingerprint density at radius 3 is 1.36 bits per heavy atom. The molecule has 4 aromatic carbocycles. The normalized spacial score (nSPS) is 12.0. The third-order valence-corrected chi connectivity index (χ3v) is 8.55. The van der Waals surface area contributed by atoms with Crippen molar-refractivity contribution in [2.24, 2.45) is 0 Å². The predicted molar refractivity (Wildman–Crippen MR) is 182 cm³/mol. The summed E-state index contributed by atoms with van der Waals surface area (Å²) in [6.45, 7) is 8.70. The molecule has 220 valence electrons. The molecule has 8 rings (SSSR count). The van der Waals surface area contributed by atoms with Crippen molar-refractivity contribution in [2.45, 2.75) is 39.5 Å². The van der Waals surface area contributed by atoms with Crippen LogP contribution in [-0.4, -0.2) is 9.97 Å². The molecule has 0 saturated carbocycles. The lowest BCUT2D eigenvalue weighted by Gasteiger charge is -2.15. The largest absolute Gasteiger partial charge is 0.455 e. The minimum Gasteiger partial charge on any atom is -0.455 e. The molecule has 4 heterocycles. The van der Waals surface area contributed by atoms with Crippen LogP contribution in [0.3, 0.4) is 0 Å². The van der Waals surface area contributed by atoms with Crippen LogP contribution >= 0.6 is 0 Å². The predicted octanol–water partition coefficient (Wildman–Crippen LogP) is 11.6. The molecule has 0 fully saturated rings. The lowest BCUT2D eigenvalue weighted by molar-refractivity contribution is 0.443. The van der Waals surface area contributed by atoms with Crippen LogP contribution < -0.4 is 4.74 Å². The van der Waals surface area contributed by atoms with Gasteiger partial charge in [-0.1, -0.05) is 88.4 Å². The van der Waals surface area contributed by atoms with Crippen molar-refractivity contribution in [1.29, 1.82) is 0 Å². The summed E-state index contributed by atoms with van der Waals surface area (Å²) in [5.74, 6) is 1.51. The van der Waals surface area contributed by atoms with Gasteiger partial charge in [-0.05, 0) is 59.4 Å². The molecular formula is C40H32N2O3. The molecule has 0 saturated heterocycles. The number of aromatic nitrogens is 2. The molecule has 4 aromatic heterocycles. The van der Waals surface area contributed by atoms with Crippen molar-refractivity contribution in [3.63, 3.8) is 0 Å². The summed E-state index contributed by atoms with van der Waals surface area (Å²) in [6.07, 6.45) is 0. The minimum atomic E-state index is 0.264. The lowest BCUT2D eigenvalue weighted by atomic mass is 10.00. The quantitative estimate of drug-likeness (QED) is 0.193. The van der Waals surface area contributed by atoms with E-state index in [4.69, 9.17) is 23.5 Å². The fourth-order valence-corrected chi connectivity index (χ4v) is 6.10. The zero-order chi connectivity index (χ0) is 30.7. The summed E-state index contributed by atoms with van der Waals surface area (Å²) in [7, 11) is 0. The number of hydrogen-bond acceptors (Lipinski definition) is 5. The summed E-state index contributed by atoms with van der Waals surface area (Å²) in [5.41, 5.74) is 9.05. The topological polar surface area (TPSA) is 61.3 Å². The number of para-hydroxylation sites is 4. The SMILES string of the molecule is CC(C)c1cc(Oc2cc(C(C)C)cc(-c3cccc4c3oc3ccccc34)n2)nc(-c2cccc3c2oc2ccccc23)c1. The van der Waals surface area contributed by atoms with Crippen molar-refractivity contribution in [3.8, 4) is 34.3 Å². The van der Waals surface area contributed by atoms with Gasteiger partial charge in [0, 0.05) is 44.8 Å². The van der Waals surface area contributed by atoms with Gasteiger partial charge in [-0.2, -0.15) is 0 Å². The van der Waals surface area contributed by atoms with Crippen molar-refractivity contribution in [3.05, 3.63) is 120 Å². The first-order chi connectivity index (χ1) is 21.9. The minimum absolute atomic E-state index is 0.264. The molecule has 0 atom stereocenters. The van der Waals surface area contributed by atoms with Crippen LogP contribution in [-0.2, 0) is 0 Å². The van der Waals surface area contributed by atoms with E-state index in [-0.39, 0.29) is 11.8 Å². The van der Waals surface area contributed by atoms with E-state index >= 15 is 0 Å². The van der Waals surface area contributed by atoms with Gasteiger partial charge >= 0.3 is 0 Å². The van der Waals surface area contributed by atoms with Crippen molar-refractivity contribution < 1.29 is 13.6 Å². The molecule has 0 aliphatic heterocycles. The molecule has 0 aliphatic rings. The fraction of sp³-hybridized carbons (Fsp3) is 0.150. The third-order valence-electron chi connectivity index (χ3n) is 8.55. The molecular weight excluding hydrogens is 556 g/mol. The average molecular weight is 589 g/mol. The molecule has 0 spiro atoms. The van der Waals surface area contributed by atoms with Gasteiger partial charge in [0.2, 0.25) is 11.8 Å². The van der Waals surface area contributed by atoms with E-state index in [1.54, 1.807) is 0 Å². The van der Waals surface area contributed by atoms with Crippen molar-refractivity contribution in [2.75, 3.05) is 0 Å². The van der Waals surface area contributed by atoms with Gasteiger partial charge < -0.3 is 13.6 Å². The molecule has 0 amide bonds. The van der Waals surface area contributed by atoms with Crippen LogP contribution in [0.2, 0.25) is 0 Å². The number of rotatable bonds is 6. The van der Waals surface area contributed by atoms with Crippen LogP contribution in [0, 0.1) is 0 Å². The third kappa shape index (κ3) is 4.72. The molecule has 0 N–H and O–H groups in total. The molecule has 8 aromatic rings. The number of nitrogens with zero attached hydrogens (tertiary/aromatic N) is 2. The van der Waals surface area contributed by atoms with Gasteiger partial charge in [-0.3, -0.25) is 0 Å². The zero-order valence-electron chi connectivity index (χ0n) is 25.7. The Hall–Kier alpha value is -5.42. The van der Waals surface area contributed by atoms with Gasteiger partial charge in [-0.25, -0.2) is 9.97 Å². The van der Waals surface area contributed by atoms with E-state index in [0.29, 0.717) is 11.8 Å². The maximum absolute atomic E-state index is 6.54. The van der Waals surface area contributed by atoms with Crippen LogP contribution in [0.25, 0.3) is 66.4 Å². The number of ether oxygens (including phenoxy) is 1. The number of pyridine rings is 2. The number of benzene rings is 4. The second kappa shape index (κ2) is 10.6. The Balaban J connectivity index is 1.26. The molecule has 0 bridgehead atoms. The Labute approximate surface area is 261 Å². The Morgan fingerprint density at radius 2 is 0.911 bits per heavy atom. The van der Waals surface area contributed by atoms with Crippen LogP contribution in [0.15, 0.2) is 118 Å². The second-order valence-corrected chi connectivity index (χ2v) is 12.2. The van der Waals surface area contributed by atoms with E-state index in [1.807, 2.05) is 48.5 Å². The molecule has 0 radical (unpaired) electrons. The van der Waals surface area contributed by atoms with E-state index in [2.05, 4.69) is 88.4 Å². The maximum Gasteiger partial charge on any atom is 0.222 e. The van der Waals surface area contributed by atoms with E-state index in [1.165, 1.54) is 0 Å². The van der Waals surface area contributed by atoms with Crippen LogP contribution in [0.5, 0.6) is 11.8 Å². The first kappa shape index (κ1) is 27.2. The highest BCUT2D eigenvalue weighted by Crippen LogP contribution is 2.39. The molecule has 5 heteroatoms. The molecule has 0 unspecified atom stereocenters. The van der Waals surface area contributed by atoms with Gasteiger partial charge in [0.1, 0.15) is 22.3 Å². The number of furan rings is 2. The first-order valence-electron chi connectivity index (χ1n) is 15.5. The van der Waals surface area contributed by atoms with Gasteiger partial charge in [0.15, 0.2) is 0 Å². The van der Waals surface area contributed by atoms with Crippen LogP contribution in [0.4, 0.5) is 0 Å². The van der Waals surface area contributed by atoms with Gasteiger partial charge in [-0.15, -0.1) is 0 Å². The average Bonchev–Trinajstić information content (AvgIpc) is 3.63. The van der Waals surface area contributed by atoms with Crippen LogP contribution in [0.1, 0.15) is 50.7 Å². The molecule has 0 aliphatic carbocycles. The highest BCUT2D eigenvalue weighted by atomic mass is 16.5. The fourth-order valence-electron chi connectivity index (χ4n) is 6.10. The maximum atomic E-state index is 6.54. The highest BCUT2D eigenvalue weighted by molar-refractivity contribution is 6.10. The molecule has 5 nitrogen and oxygen atoms in total. The lowest BCUT2D eigenvalue weighted by Crippen LogP contribution is -1.99. The van der Waals surface area contributed by atoms with Crippen molar-refractivity contribution in [1.82, 2.24) is 9.97 Å². The summed E-state index contributed by atoms with van der Waals surface area (Å²) in [6, 6.07) is 37.0. The Bertz CT molecular complexity index is 2210. The summed E-state index contributed by atoms with van der Waals surface area (Å²) in [5, 5.41) is 4.32. The van der Waals surface area contributed by atoms with Gasteiger partial charge in [0.05, 0.1) is 11.4 Å². The second-order valence-electron chi connectivity index (χ2n) is 12.2. The van der Waals surface area contributed by atoms with E-state index in [9.17, 15) is 0 Å². The number of fused-ring (bicyclic) bond motifs is 6. The summed E-state index contributed by atoms with van der Waals surface area (Å²) >= 11 is 0. The standard InChI is InChI=1S/C40H32N2O3/c1-23(2)25-19-33(31-15-9-13-29-27-11-5-7-17-35(27)43-39(29)31)41-37(21-25)45-38-22-26(24(3)4)20-34(42-38)32-16-10-14-30-28-12-6-8-18-36(28)44-40(30)32/h5-24H,1-4H3. The highest BCUT2D eigenvalue weighted by Gasteiger charge is 2.18. The van der Waals surface area contributed by atoms with E-state index in [0.717, 1.165) is 77.5 Å².